The maximum atomic E-state index is 13.0. The Labute approximate surface area is 206 Å². The number of carbonyl (C=O) groups is 3. The van der Waals surface area contributed by atoms with Gasteiger partial charge in [0.1, 0.15) is 11.3 Å². The van der Waals surface area contributed by atoms with Crippen LogP contribution in [-0.4, -0.2) is 49.4 Å². The van der Waals surface area contributed by atoms with Crippen molar-refractivity contribution in [3.63, 3.8) is 0 Å². The van der Waals surface area contributed by atoms with Crippen LogP contribution in [0.1, 0.15) is 54.2 Å². The number of aryl methyl sites for hydroxylation is 2. The molecule has 0 aliphatic rings. The van der Waals surface area contributed by atoms with Crippen LogP contribution in [-0.2, 0) is 17.8 Å². The predicted octanol–water partition coefficient (Wildman–Crippen LogP) is 2.54. The third kappa shape index (κ3) is 6.63. The van der Waals surface area contributed by atoms with Crippen LogP contribution in [0.25, 0.3) is 10.3 Å². The maximum Gasteiger partial charge on any atom is 0.407 e. The van der Waals surface area contributed by atoms with E-state index >= 15 is 0 Å². The van der Waals surface area contributed by atoms with Crippen molar-refractivity contribution in [3.8, 4) is 0 Å². The minimum Gasteiger partial charge on any atom is -0.444 e. The van der Waals surface area contributed by atoms with Crippen LogP contribution in [0, 0.1) is 6.92 Å². The normalized spacial score (nSPS) is 12.4. The maximum absolute atomic E-state index is 13.0. The van der Waals surface area contributed by atoms with E-state index in [0.717, 1.165) is 5.69 Å². The van der Waals surface area contributed by atoms with Crippen molar-refractivity contribution in [1.82, 2.24) is 24.6 Å². The first-order chi connectivity index (χ1) is 16.5. The average Bonchev–Trinajstić information content (AvgIpc) is 3.31. The fraction of sp³-hybridized carbons (Fsp3) is 0.391. The Morgan fingerprint density at radius 3 is 2.66 bits per heavy atom. The van der Waals surface area contributed by atoms with Gasteiger partial charge in [0.15, 0.2) is 10.4 Å². The summed E-state index contributed by atoms with van der Waals surface area (Å²) in [5.74, 6) is -1.03. The zero-order chi connectivity index (χ0) is 25.8. The van der Waals surface area contributed by atoms with Gasteiger partial charge >= 0.3 is 6.09 Å². The molecule has 0 aromatic carbocycles. The number of amides is 3. The van der Waals surface area contributed by atoms with Crippen molar-refractivity contribution in [3.05, 3.63) is 52.2 Å². The first-order valence-electron chi connectivity index (χ1n) is 11.0. The molecule has 3 aromatic heterocycles. The van der Waals surface area contributed by atoms with Gasteiger partial charge in [-0.25, -0.2) is 9.78 Å². The number of allylic oxidation sites excluding steroid dienone is 1. The third-order valence-corrected chi connectivity index (χ3v) is 5.66. The lowest BCUT2D eigenvalue weighted by Crippen LogP contribution is -2.32. The van der Waals surface area contributed by atoms with Crippen LogP contribution < -0.4 is 15.9 Å². The summed E-state index contributed by atoms with van der Waals surface area (Å²) in [5.41, 5.74) is 6.74. The lowest BCUT2D eigenvalue weighted by molar-refractivity contribution is 0.0533. The van der Waals surface area contributed by atoms with Gasteiger partial charge in [-0.15, -0.1) is 0 Å². The Bertz CT molecular complexity index is 1360. The van der Waals surface area contributed by atoms with E-state index in [2.05, 4.69) is 20.4 Å². The van der Waals surface area contributed by atoms with Crippen molar-refractivity contribution in [1.29, 1.82) is 0 Å². The number of nitrogens with one attached hydrogen (secondary N) is 1. The van der Waals surface area contributed by atoms with Gasteiger partial charge in [-0.2, -0.15) is 10.1 Å². The quantitative estimate of drug-likeness (QED) is 0.478. The van der Waals surface area contributed by atoms with E-state index in [1.54, 1.807) is 48.2 Å². The standard InChI is InChI=1S/C23H29N7O4S/c1-6-30-16(11-14(2)28-30)20(32)27-21-29(10-8-7-9-25-22(33)34-23(3,4)5)19-17(35-21)12-15(13-26-19)18(24)31/h7-8,11-13H,6,9-10H2,1-5H3,(H2,24,31)(H,25,33)/b8-7+,27-21-. The molecule has 3 amide bonds. The molecule has 186 valence electrons. The number of hydrogen-bond donors (Lipinski definition) is 2. The van der Waals surface area contributed by atoms with Crippen LogP contribution in [0.2, 0.25) is 0 Å². The van der Waals surface area contributed by atoms with Gasteiger partial charge in [0, 0.05) is 25.8 Å². The third-order valence-electron chi connectivity index (χ3n) is 4.64. The molecule has 35 heavy (non-hydrogen) atoms. The van der Waals surface area contributed by atoms with Crippen molar-refractivity contribution in [2.45, 2.75) is 53.3 Å². The molecule has 3 rings (SSSR count). The van der Waals surface area contributed by atoms with Gasteiger partial charge in [0.25, 0.3) is 5.91 Å². The molecule has 0 bridgehead atoms. The summed E-state index contributed by atoms with van der Waals surface area (Å²) >= 11 is 1.23. The van der Waals surface area contributed by atoms with Crippen LogP contribution in [0.4, 0.5) is 4.79 Å². The Balaban J connectivity index is 1.91. The van der Waals surface area contributed by atoms with E-state index in [9.17, 15) is 14.4 Å². The molecule has 0 radical (unpaired) electrons. The lowest BCUT2D eigenvalue weighted by Gasteiger charge is -2.19. The number of aromatic nitrogens is 4. The number of alkyl carbamates (subject to hydrolysis) is 1. The summed E-state index contributed by atoms with van der Waals surface area (Å²) in [6, 6.07) is 3.32. The number of nitrogens with two attached hydrogens (primary N) is 1. The molecule has 0 unspecified atom stereocenters. The Hall–Kier alpha value is -3.80. The van der Waals surface area contributed by atoms with Gasteiger partial charge < -0.3 is 15.8 Å². The summed E-state index contributed by atoms with van der Waals surface area (Å²) < 4.78 is 9.23. The number of hydrogen-bond acceptors (Lipinski definition) is 7. The van der Waals surface area contributed by atoms with Crippen molar-refractivity contribution < 1.29 is 19.1 Å². The molecular weight excluding hydrogens is 470 g/mol. The highest BCUT2D eigenvalue weighted by atomic mass is 32.1. The number of nitrogens with zero attached hydrogens (tertiary/aromatic N) is 5. The topological polar surface area (TPSA) is 146 Å². The molecule has 11 nitrogen and oxygen atoms in total. The first-order valence-corrected chi connectivity index (χ1v) is 11.8. The van der Waals surface area contributed by atoms with E-state index in [4.69, 9.17) is 10.5 Å². The zero-order valence-corrected chi connectivity index (χ0v) is 21.2. The minimum atomic E-state index is -0.593. The van der Waals surface area contributed by atoms with Gasteiger partial charge in [0.05, 0.1) is 16.0 Å². The molecule has 12 heteroatoms. The Kier molecular flexibility index (Phi) is 7.85. The number of ether oxygens (including phenoxy) is 1. The first kappa shape index (κ1) is 25.8. The van der Waals surface area contributed by atoms with Gasteiger partial charge in [-0.1, -0.05) is 23.5 Å². The second-order valence-electron chi connectivity index (χ2n) is 8.66. The van der Waals surface area contributed by atoms with Crippen molar-refractivity contribution in [2.24, 2.45) is 10.7 Å². The fourth-order valence-corrected chi connectivity index (χ4v) is 4.20. The number of rotatable bonds is 7. The highest BCUT2D eigenvalue weighted by molar-refractivity contribution is 7.16. The van der Waals surface area contributed by atoms with Gasteiger partial charge in [-0.3, -0.25) is 18.8 Å². The zero-order valence-electron chi connectivity index (χ0n) is 20.4. The largest absolute Gasteiger partial charge is 0.444 e. The molecule has 0 saturated heterocycles. The number of pyridine rings is 1. The van der Waals surface area contributed by atoms with E-state index in [-0.39, 0.29) is 12.1 Å². The molecular formula is C23H29N7O4S. The average molecular weight is 500 g/mol. The molecule has 3 heterocycles. The molecule has 0 fully saturated rings. The fourth-order valence-electron chi connectivity index (χ4n) is 3.16. The molecule has 0 spiro atoms. The monoisotopic (exact) mass is 499 g/mol. The van der Waals surface area contributed by atoms with Crippen LogP contribution in [0.15, 0.2) is 35.5 Å². The van der Waals surface area contributed by atoms with E-state index < -0.39 is 23.5 Å². The van der Waals surface area contributed by atoms with Gasteiger partial charge in [0.2, 0.25) is 5.91 Å². The molecule has 0 aliphatic heterocycles. The highest BCUT2D eigenvalue weighted by Gasteiger charge is 2.16. The summed E-state index contributed by atoms with van der Waals surface area (Å²) in [7, 11) is 0. The smallest absolute Gasteiger partial charge is 0.407 e. The van der Waals surface area contributed by atoms with Crippen LogP contribution >= 0.6 is 11.3 Å². The van der Waals surface area contributed by atoms with Crippen LogP contribution in [0.3, 0.4) is 0 Å². The van der Waals surface area contributed by atoms with E-state index in [0.29, 0.717) is 33.9 Å². The summed E-state index contributed by atoms with van der Waals surface area (Å²) in [6.07, 6.45) is 4.46. The molecule has 3 aromatic rings. The molecule has 0 atom stereocenters. The van der Waals surface area contributed by atoms with Crippen molar-refractivity contribution >= 4 is 39.6 Å². The molecule has 3 N–H and O–H groups in total. The summed E-state index contributed by atoms with van der Waals surface area (Å²) in [4.78, 5) is 45.5. The lowest BCUT2D eigenvalue weighted by atomic mass is 10.2. The summed E-state index contributed by atoms with van der Waals surface area (Å²) in [5, 5.41) is 6.96. The Morgan fingerprint density at radius 1 is 1.26 bits per heavy atom. The predicted molar refractivity (Wildman–Crippen MR) is 132 cm³/mol. The molecule has 0 aliphatic carbocycles. The number of primary amides is 1. The number of thiazole rings is 1. The van der Waals surface area contributed by atoms with Crippen molar-refractivity contribution in [2.75, 3.05) is 6.54 Å². The highest BCUT2D eigenvalue weighted by Crippen LogP contribution is 2.17. The van der Waals surface area contributed by atoms with Gasteiger partial charge in [-0.05, 0) is 46.8 Å². The van der Waals surface area contributed by atoms with E-state index in [1.165, 1.54) is 17.5 Å². The molecule has 0 saturated carbocycles. The second-order valence-corrected chi connectivity index (χ2v) is 9.67. The number of fused-ring (bicyclic) bond motifs is 1. The Morgan fingerprint density at radius 2 is 2.00 bits per heavy atom. The SMILES string of the molecule is CCn1nc(C)cc1C(=O)/N=c1\sc2cc(C(N)=O)cnc2n1C/C=C/CNC(=O)OC(C)(C)C. The minimum absolute atomic E-state index is 0.261. The number of carbonyl (C=O) groups excluding carboxylic acids is 3. The summed E-state index contributed by atoms with van der Waals surface area (Å²) in [6.45, 7) is 10.2. The van der Waals surface area contributed by atoms with E-state index in [1.807, 2.05) is 19.9 Å². The van der Waals surface area contributed by atoms with Crippen LogP contribution in [0.5, 0.6) is 0 Å². The second kappa shape index (κ2) is 10.6.